The molecule has 0 fully saturated rings. The van der Waals surface area contributed by atoms with Crippen molar-refractivity contribution in [3.63, 3.8) is 0 Å². The quantitative estimate of drug-likeness (QED) is 0.0545. The Kier molecular flexibility index (Phi) is 30.1. The van der Waals surface area contributed by atoms with E-state index in [0.717, 1.165) is 38.5 Å². The van der Waals surface area contributed by atoms with Crippen molar-refractivity contribution < 1.29 is 24.2 Å². The van der Waals surface area contributed by atoms with E-state index in [0.29, 0.717) is 12.8 Å². The van der Waals surface area contributed by atoms with Crippen molar-refractivity contribution in [1.82, 2.24) is 0 Å². The van der Waals surface area contributed by atoms with Crippen LogP contribution in [0.4, 0.5) is 0 Å². The molecule has 1 unspecified atom stereocenters. The first kappa shape index (κ1) is 37.6. The van der Waals surface area contributed by atoms with Crippen LogP contribution in [0.2, 0.25) is 0 Å². The molecule has 0 spiro atoms. The first-order valence-corrected chi connectivity index (χ1v) is 16.7. The summed E-state index contributed by atoms with van der Waals surface area (Å²) in [6.07, 6.45) is 32.7. The van der Waals surface area contributed by atoms with Crippen LogP contribution >= 0.6 is 0 Å². The Labute approximate surface area is 241 Å². The van der Waals surface area contributed by atoms with Crippen LogP contribution in [0, 0.1) is 0 Å². The van der Waals surface area contributed by atoms with Crippen LogP contribution < -0.4 is 0 Å². The number of aliphatic hydroxyl groups excluding tert-OH is 1. The van der Waals surface area contributed by atoms with Gasteiger partial charge in [0.15, 0.2) is 6.10 Å². The zero-order valence-corrected chi connectivity index (χ0v) is 25.9. The number of hydrogen-bond acceptors (Lipinski definition) is 5. The van der Waals surface area contributed by atoms with Gasteiger partial charge in [-0.3, -0.25) is 9.59 Å². The first-order valence-electron chi connectivity index (χ1n) is 16.7. The molecule has 0 rings (SSSR count). The van der Waals surface area contributed by atoms with E-state index in [1.807, 2.05) is 0 Å². The predicted octanol–water partition coefficient (Wildman–Crippen LogP) is 9.78. The van der Waals surface area contributed by atoms with Gasteiger partial charge in [-0.05, 0) is 38.5 Å². The van der Waals surface area contributed by atoms with Gasteiger partial charge in [-0.15, -0.1) is 0 Å². The number of hydrogen-bond donors (Lipinski definition) is 1. The highest BCUT2D eigenvalue weighted by molar-refractivity contribution is 5.70. The van der Waals surface area contributed by atoms with Crippen LogP contribution in [0.25, 0.3) is 0 Å². The smallest absolute Gasteiger partial charge is 0.306 e. The minimum absolute atomic E-state index is 0.0632. The van der Waals surface area contributed by atoms with Crippen molar-refractivity contribution in [2.75, 3.05) is 13.2 Å². The minimum atomic E-state index is -0.764. The van der Waals surface area contributed by atoms with Crippen molar-refractivity contribution >= 4 is 11.9 Å². The van der Waals surface area contributed by atoms with Gasteiger partial charge in [0, 0.05) is 12.8 Å². The molecule has 0 aromatic rings. The van der Waals surface area contributed by atoms with E-state index in [1.165, 1.54) is 109 Å². The molecule has 39 heavy (non-hydrogen) atoms. The SMILES string of the molecule is CCCCCCCC/C=C\CCCCCCCCCC(=O)OC(CO)COC(=O)CCCCCCCCCC. The number of ether oxygens (including phenoxy) is 2. The highest BCUT2D eigenvalue weighted by atomic mass is 16.6. The van der Waals surface area contributed by atoms with Crippen LogP contribution in [-0.4, -0.2) is 36.4 Å². The number of allylic oxidation sites excluding steroid dienone is 2. The average Bonchev–Trinajstić information content (AvgIpc) is 2.94. The molecule has 0 saturated carbocycles. The van der Waals surface area contributed by atoms with E-state index in [1.54, 1.807) is 0 Å². The maximum Gasteiger partial charge on any atom is 0.306 e. The zero-order valence-electron chi connectivity index (χ0n) is 25.9. The lowest BCUT2D eigenvalue weighted by Crippen LogP contribution is -2.28. The van der Waals surface area contributed by atoms with Gasteiger partial charge in [0.05, 0.1) is 6.61 Å². The summed E-state index contributed by atoms with van der Waals surface area (Å²) >= 11 is 0. The molecule has 5 heteroatoms. The summed E-state index contributed by atoms with van der Waals surface area (Å²) < 4.78 is 10.5. The van der Waals surface area contributed by atoms with E-state index >= 15 is 0 Å². The van der Waals surface area contributed by atoms with Gasteiger partial charge in [-0.25, -0.2) is 0 Å². The molecular formula is C34H64O5. The summed E-state index contributed by atoms with van der Waals surface area (Å²) in [5, 5.41) is 9.47. The minimum Gasteiger partial charge on any atom is -0.462 e. The largest absolute Gasteiger partial charge is 0.462 e. The summed E-state index contributed by atoms with van der Waals surface area (Å²) in [5.74, 6) is -0.597. The predicted molar refractivity (Wildman–Crippen MR) is 164 cm³/mol. The third kappa shape index (κ3) is 29.4. The van der Waals surface area contributed by atoms with E-state index in [9.17, 15) is 14.7 Å². The Hall–Kier alpha value is -1.36. The topological polar surface area (TPSA) is 72.8 Å². The molecule has 0 aromatic carbocycles. The summed E-state index contributed by atoms with van der Waals surface area (Å²) in [4.78, 5) is 24.0. The lowest BCUT2D eigenvalue weighted by molar-refractivity contribution is -0.161. The van der Waals surface area contributed by atoms with Crippen molar-refractivity contribution in [3.8, 4) is 0 Å². The average molecular weight is 553 g/mol. The Bertz CT molecular complexity index is 560. The summed E-state index contributed by atoms with van der Waals surface area (Å²) in [6.45, 7) is 4.09. The Morgan fingerprint density at radius 1 is 0.564 bits per heavy atom. The maximum absolute atomic E-state index is 12.1. The number of esters is 2. The molecule has 0 radical (unpaired) electrons. The van der Waals surface area contributed by atoms with Gasteiger partial charge in [0.1, 0.15) is 6.61 Å². The van der Waals surface area contributed by atoms with Crippen molar-refractivity contribution in [1.29, 1.82) is 0 Å². The molecule has 0 aliphatic carbocycles. The number of aliphatic hydroxyl groups is 1. The van der Waals surface area contributed by atoms with Crippen LogP contribution in [0.1, 0.15) is 174 Å². The molecule has 0 saturated heterocycles. The molecule has 0 aromatic heterocycles. The molecule has 0 bridgehead atoms. The summed E-state index contributed by atoms with van der Waals surface area (Å²) in [5.41, 5.74) is 0. The third-order valence-corrected chi connectivity index (χ3v) is 7.31. The summed E-state index contributed by atoms with van der Waals surface area (Å²) in [7, 11) is 0. The molecule has 0 heterocycles. The second-order valence-corrected chi connectivity index (χ2v) is 11.2. The van der Waals surface area contributed by atoms with Gasteiger partial charge in [0.25, 0.3) is 0 Å². The second-order valence-electron chi connectivity index (χ2n) is 11.2. The van der Waals surface area contributed by atoms with Gasteiger partial charge in [-0.1, -0.05) is 135 Å². The monoisotopic (exact) mass is 552 g/mol. The molecule has 1 atom stereocenters. The van der Waals surface area contributed by atoms with E-state index in [-0.39, 0.29) is 25.2 Å². The normalized spacial score (nSPS) is 12.2. The highest BCUT2D eigenvalue weighted by Gasteiger charge is 2.16. The van der Waals surface area contributed by atoms with Crippen LogP contribution in [0.15, 0.2) is 12.2 Å². The van der Waals surface area contributed by atoms with Crippen LogP contribution in [0.3, 0.4) is 0 Å². The van der Waals surface area contributed by atoms with Gasteiger partial charge < -0.3 is 14.6 Å². The van der Waals surface area contributed by atoms with Crippen molar-refractivity contribution in [2.45, 2.75) is 180 Å². The van der Waals surface area contributed by atoms with Crippen LogP contribution in [0.5, 0.6) is 0 Å². The Balaban J connectivity index is 3.54. The second kappa shape index (κ2) is 31.2. The van der Waals surface area contributed by atoms with Crippen molar-refractivity contribution in [3.05, 3.63) is 12.2 Å². The van der Waals surface area contributed by atoms with Gasteiger partial charge >= 0.3 is 11.9 Å². The van der Waals surface area contributed by atoms with Gasteiger partial charge in [-0.2, -0.15) is 0 Å². The van der Waals surface area contributed by atoms with E-state index in [2.05, 4.69) is 26.0 Å². The highest BCUT2D eigenvalue weighted by Crippen LogP contribution is 2.13. The lowest BCUT2D eigenvalue weighted by Gasteiger charge is -2.15. The fourth-order valence-electron chi connectivity index (χ4n) is 4.72. The molecule has 230 valence electrons. The number of carbonyl (C=O) groups is 2. The molecular weight excluding hydrogens is 488 g/mol. The lowest BCUT2D eigenvalue weighted by atomic mass is 10.1. The maximum atomic E-state index is 12.1. The molecule has 0 aliphatic rings. The third-order valence-electron chi connectivity index (χ3n) is 7.31. The zero-order chi connectivity index (χ0) is 28.7. The molecule has 5 nitrogen and oxygen atoms in total. The standard InChI is InChI=1S/C34H64O5/c1-3-5-7-9-11-13-14-15-16-17-18-19-20-21-23-25-27-29-34(37)39-32(30-35)31-38-33(36)28-26-24-22-12-10-8-6-4-2/h15-16,32,35H,3-14,17-31H2,1-2H3/b16-15-. The summed E-state index contributed by atoms with van der Waals surface area (Å²) in [6, 6.07) is 0. The number of rotatable bonds is 30. The van der Waals surface area contributed by atoms with E-state index < -0.39 is 6.10 Å². The fraction of sp³-hybridized carbons (Fsp3) is 0.882. The molecule has 0 aliphatic heterocycles. The molecule has 0 amide bonds. The van der Waals surface area contributed by atoms with Crippen molar-refractivity contribution in [2.24, 2.45) is 0 Å². The molecule has 1 N–H and O–H groups in total. The first-order chi connectivity index (χ1) is 19.1. The van der Waals surface area contributed by atoms with Crippen LogP contribution in [-0.2, 0) is 19.1 Å². The number of unbranched alkanes of at least 4 members (excludes halogenated alkanes) is 20. The van der Waals surface area contributed by atoms with Gasteiger partial charge in [0.2, 0.25) is 0 Å². The fourth-order valence-corrected chi connectivity index (χ4v) is 4.72. The number of carbonyl (C=O) groups excluding carboxylic acids is 2. The Morgan fingerprint density at radius 2 is 0.949 bits per heavy atom. The Morgan fingerprint density at radius 3 is 1.38 bits per heavy atom. The van der Waals surface area contributed by atoms with E-state index in [4.69, 9.17) is 9.47 Å².